The molecule has 0 spiro atoms. The summed E-state index contributed by atoms with van der Waals surface area (Å²) in [4.78, 5) is 14.3. The molecule has 5 heteroatoms. The van der Waals surface area contributed by atoms with Gasteiger partial charge in [-0.3, -0.25) is 0 Å². The highest BCUT2D eigenvalue weighted by molar-refractivity contribution is 5.68. The molecule has 0 aromatic heterocycles. The van der Waals surface area contributed by atoms with Gasteiger partial charge in [0.15, 0.2) is 0 Å². The van der Waals surface area contributed by atoms with Crippen LogP contribution in [0.2, 0.25) is 0 Å². The highest BCUT2D eigenvalue weighted by Crippen LogP contribution is 2.20. The number of amides is 1. The second kappa shape index (κ2) is 8.16. The molecule has 2 fully saturated rings. The third-order valence-corrected chi connectivity index (χ3v) is 4.46. The van der Waals surface area contributed by atoms with E-state index in [0.29, 0.717) is 6.04 Å². The second-order valence-corrected chi connectivity index (χ2v) is 7.71. The summed E-state index contributed by atoms with van der Waals surface area (Å²) in [6.07, 6.45) is 7.01. The molecule has 1 saturated carbocycles. The van der Waals surface area contributed by atoms with E-state index >= 15 is 0 Å². The van der Waals surface area contributed by atoms with E-state index < -0.39 is 5.60 Å². The molecular weight excluding hydrogens is 278 g/mol. The zero-order valence-electron chi connectivity index (χ0n) is 14.5. The standard InChI is InChI=1S/C17H33N3O2/c1-17(2,3)22-16(21)19-15-8-7-14(13-15)18-9-12-20-10-5-4-6-11-20/h14-15,18H,4-13H2,1-3H3,(H,19,21). The lowest BCUT2D eigenvalue weighted by Gasteiger charge is -2.27. The maximum atomic E-state index is 11.8. The third kappa shape index (κ3) is 6.53. The Bertz CT molecular complexity index is 348. The van der Waals surface area contributed by atoms with Crippen LogP contribution < -0.4 is 10.6 Å². The first-order valence-corrected chi connectivity index (χ1v) is 8.87. The van der Waals surface area contributed by atoms with Gasteiger partial charge in [-0.15, -0.1) is 0 Å². The van der Waals surface area contributed by atoms with E-state index in [0.717, 1.165) is 32.4 Å². The molecule has 2 N–H and O–H groups in total. The van der Waals surface area contributed by atoms with Gasteiger partial charge in [-0.25, -0.2) is 4.79 Å². The Labute approximate surface area is 135 Å². The Balaban J connectivity index is 1.58. The largest absolute Gasteiger partial charge is 0.444 e. The predicted octanol–water partition coefficient (Wildman–Crippen LogP) is 2.51. The fraction of sp³-hybridized carbons (Fsp3) is 0.941. The number of piperidine rings is 1. The number of likely N-dealkylation sites (tertiary alicyclic amines) is 1. The van der Waals surface area contributed by atoms with Crippen molar-refractivity contribution < 1.29 is 9.53 Å². The maximum Gasteiger partial charge on any atom is 0.407 e. The molecule has 1 amide bonds. The van der Waals surface area contributed by atoms with Crippen LogP contribution in [0.3, 0.4) is 0 Å². The Kier molecular flexibility index (Phi) is 6.50. The van der Waals surface area contributed by atoms with E-state index in [2.05, 4.69) is 15.5 Å². The quantitative estimate of drug-likeness (QED) is 0.819. The summed E-state index contributed by atoms with van der Waals surface area (Å²) in [6, 6.07) is 0.784. The summed E-state index contributed by atoms with van der Waals surface area (Å²) in [5.74, 6) is 0. The first-order chi connectivity index (χ1) is 10.4. The summed E-state index contributed by atoms with van der Waals surface area (Å²) in [7, 11) is 0. The van der Waals surface area contributed by atoms with Gasteiger partial charge in [0.25, 0.3) is 0 Å². The fourth-order valence-corrected chi connectivity index (χ4v) is 3.38. The van der Waals surface area contributed by atoms with Crippen molar-refractivity contribution in [2.45, 2.75) is 77.0 Å². The Hall–Kier alpha value is -0.810. The number of carbonyl (C=O) groups is 1. The van der Waals surface area contributed by atoms with Crippen LogP contribution in [0.15, 0.2) is 0 Å². The third-order valence-electron chi connectivity index (χ3n) is 4.46. The summed E-state index contributed by atoms with van der Waals surface area (Å²) in [5, 5.41) is 6.64. The van der Waals surface area contributed by atoms with Crippen LogP contribution in [0.25, 0.3) is 0 Å². The zero-order chi connectivity index (χ0) is 16.0. The van der Waals surface area contributed by atoms with Crippen molar-refractivity contribution in [3.63, 3.8) is 0 Å². The van der Waals surface area contributed by atoms with Gasteiger partial charge in [0.05, 0.1) is 0 Å². The lowest BCUT2D eigenvalue weighted by molar-refractivity contribution is 0.0505. The Morgan fingerprint density at radius 1 is 1.14 bits per heavy atom. The molecule has 1 aliphatic carbocycles. The average Bonchev–Trinajstić information content (AvgIpc) is 2.85. The highest BCUT2D eigenvalue weighted by Gasteiger charge is 2.27. The first kappa shape index (κ1) is 17.5. The molecule has 2 unspecified atom stereocenters. The summed E-state index contributed by atoms with van der Waals surface area (Å²) in [5.41, 5.74) is -0.422. The van der Waals surface area contributed by atoms with E-state index in [4.69, 9.17) is 4.74 Å². The monoisotopic (exact) mass is 311 g/mol. The molecule has 1 heterocycles. The van der Waals surface area contributed by atoms with E-state index in [1.165, 1.54) is 32.4 Å². The molecular formula is C17H33N3O2. The summed E-state index contributed by atoms with van der Waals surface area (Å²) in [6.45, 7) is 10.4. The molecule has 128 valence electrons. The maximum absolute atomic E-state index is 11.8. The van der Waals surface area contributed by atoms with Gasteiger partial charge in [-0.05, 0) is 66.0 Å². The summed E-state index contributed by atoms with van der Waals surface area (Å²) < 4.78 is 5.32. The van der Waals surface area contributed by atoms with Crippen LogP contribution in [-0.4, -0.2) is 54.9 Å². The lowest BCUT2D eigenvalue weighted by atomic mass is 10.1. The van der Waals surface area contributed by atoms with Crippen molar-refractivity contribution in [2.75, 3.05) is 26.2 Å². The van der Waals surface area contributed by atoms with Crippen molar-refractivity contribution in [1.82, 2.24) is 15.5 Å². The van der Waals surface area contributed by atoms with Crippen molar-refractivity contribution in [3.05, 3.63) is 0 Å². The van der Waals surface area contributed by atoms with E-state index in [1.54, 1.807) is 0 Å². The molecule has 2 aliphatic rings. The second-order valence-electron chi connectivity index (χ2n) is 7.71. The van der Waals surface area contributed by atoms with Gasteiger partial charge < -0.3 is 20.3 Å². The van der Waals surface area contributed by atoms with Crippen LogP contribution in [-0.2, 0) is 4.74 Å². The molecule has 2 atom stereocenters. The minimum atomic E-state index is -0.422. The lowest BCUT2D eigenvalue weighted by Crippen LogP contribution is -2.40. The molecule has 0 aromatic carbocycles. The number of hydrogen-bond acceptors (Lipinski definition) is 4. The first-order valence-electron chi connectivity index (χ1n) is 8.87. The van der Waals surface area contributed by atoms with Gasteiger partial charge in [0.2, 0.25) is 0 Å². The van der Waals surface area contributed by atoms with Gasteiger partial charge in [0, 0.05) is 25.2 Å². The Morgan fingerprint density at radius 2 is 1.82 bits per heavy atom. The molecule has 1 aliphatic heterocycles. The van der Waals surface area contributed by atoms with Crippen molar-refractivity contribution in [3.8, 4) is 0 Å². The number of hydrogen-bond donors (Lipinski definition) is 2. The zero-order valence-corrected chi connectivity index (χ0v) is 14.5. The van der Waals surface area contributed by atoms with E-state index in [-0.39, 0.29) is 12.1 Å². The SMILES string of the molecule is CC(C)(C)OC(=O)NC1CCC(NCCN2CCCCC2)C1. The van der Waals surface area contributed by atoms with Crippen LogP contribution in [0.4, 0.5) is 4.79 Å². The highest BCUT2D eigenvalue weighted by atomic mass is 16.6. The normalized spacial score (nSPS) is 26.9. The fourth-order valence-electron chi connectivity index (χ4n) is 3.38. The number of alkyl carbamates (subject to hydrolysis) is 1. The minimum absolute atomic E-state index is 0.252. The number of rotatable bonds is 5. The Morgan fingerprint density at radius 3 is 2.50 bits per heavy atom. The van der Waals surface area contributed by atoms with Gasteiger partial charge >= 0.3 is 6.09 Å². The number of carbonyl (C=O) groups excluding carboxylic acids is 1. The summed E-state index contributed by atoms with van der Waals surface area (Å²) >= 11 is 0. The van der Waals surface area contributed by atoms with Crippen molar-refractivity contribution in [1.29, 1.82) is 0 Å². The van der Waals surface area contributed by atoms with Crippen LogP contribution >= 0.6 is 0 Å². The van der Waals surface area contributed by atoms with E-state index in [9.17, 15) is 4.79 Å². The molecule has 22 heavy (non-hydrogen) atoms. The predicted molar refractivity (Wildman–Crippen MR) is 89.1 cm³/mol. The van der Waals surface area contributed by atoms with Crippen LogP contribution in [0.1, 0.15) is 59.3 Å². The minimum Gasteiger partial charge on any atom is -0.444 e. The molecule has 1 saturated heterocycles. The molecule has 0 radical (unpaired) electrons. The average molecular weight is 311 g/mol. The molecule has 5 nitrogen and oxygen atoms in total. The van der Waals surface area contributed by atoms with E-state index in [1.807, 2.05) is 20.8 Å². The smallest absolute Gasteiger partial charge is 0.407 e. The van der Waals surface area contributed by atoms with Crippen molar-refractivity contribution >= 4 is 6.09 Å². The molecule has 0 aromatic rings. The van der Waals surface area contributed by atoms with Crippen LogP contribution in [0.5, 0.6) is 0 Å². The van der Waals surface area contributed by atoms with Crippen molar-refractivity contribution in [2.24, 2.45) is 0 Å². The number of ether oxygens (including phenoxy) is 1. The number of nitrogens with one attached hydrogen (secondary N) is 2. The van der Waals surface area contributed by atoms with Crippen LogP contribution in [0, 0.1) is 0 Å². The van der Waals surface area contributed by atoms with Gasteiger partial charge in [-0.2, -0.15) is 0 Å². The molecule has 0 bridgehead atoms. The number of nitrogens with zero attached hydrogens (tertiary/aromatic N) is 1. The van der Waals surface area contributed by atoms with Gasteiger partial charge in [-0.1, -0.05) is 6.42 Å². The molecule has 2 rings (SSSR count). The van der Waals surface area contributed by atoms with Gasteiger partial charge in [0.1, 0.15) is 5.60 Å². The topological polar surface area (TPSA) is 53.6 Å².